The van der Waals surface area contributed by atoms with Crippen LogP contribution in [0.4, 0.5) is 5.69 Å². The molecule has 0 heterocycles. The topological polar surface area (TPSA) is 77.3 Å². The van der Waals surface area contributed by atoms with Gasteiger partial charge >= 0.3 is 0 Å². The predicted molar refractivity (Wildman–Crippen MR) is 55.9 cm³/mol. The van der Waals surface area contributed by atoms with Crippen molar-refractivity contribution in [1.29, 1.82) is 0 Å². The third kappa shape index (κ3) is 2.58. The number of hydrogen-bond donors (Lipinski definition) is 0. The summed E-state index contributed by atoms with van der Waals surface area (Å²) in [5.74, 6) is 0. The highest BCUT2D eigenvalue weighted by atomic mass is 35.7. The Bertz CT molecular complexity index is 526. The van der Waals surface area contributed by atoms with Crippen molar-refractivity contribution in [3.05, 3.63) is 32.8 Å². The predicted octanol–water partition coefficient (Wildman–Crippen LogP) is 2.48. The number of halogens is 2. The lowest BCUT2D eigenvalue weighted by Gasteiger charge is -2.02. The lowest BCUT2D eigenvalue weighted by atomic mass is 10.2. The van der Waals surface area contributed by atoms with E-state index in [2.05, 4.69) is 0 Å². The number of benzene rings is 1. The molecule has 1 aromatic rings. The molecule has 0 radical (unpaired) electrons. The van der Waals surface area contributed by atoms with Gasteiger partial charge in [-0.3, -0.25) is 10.1 Å². The maximum Gasteiger partial charge on any atom is 0.291 e. The molecule has 8 heteroatoms. The molecule has 0 N–H and O–H groups in total. The van der Waals surface area contributed by atoms with Gasteiger partial charge in [-0.2, -0.15) is 0 Å². The molecule has 0 aliphatic carbocycles. The van der Waals surface area contributed by atoms with E-state index in [9.17, 15) is 18.5 Å². The second kappa shape index (κ2) is 3.96. The second-order valence-electron chi connectivity index (χ2n) is 2.79. The van der Waals surface area contributed by atoms with Crippen LogP contribution in [-0.2, 0) is 9.05 Å². The van der Waals surface area contributed by atoms with E-state index in [0.29, 0.717) is 5.56 Å². The van der Waals surface area contributed by atoms with Crippen molar-refractivity contribution in [2.45, 2.75) is 11.8 Å². The number of rotatable bonds is 2. The van der Waals surface area contributed by atoms with E-state index in [-0.39, 0.29) is 5.02 Å². The number of aryl methyl sites for hydroxylation is 1. The number of nitro groups is 1. The van der Waals surface area contributed by atoms with Crippen LogP contribution in [0.3, 0.4) is 0 Å². The van der Waals surface area contributed by atoms with Crippen LogP contribution in [0.2, 0.25) is 5.02 Å². The Labute approximate surface area is 95.2 Å². The van der Waals surface area contributed by atoms with E-state index < -0.39 is 24.6 Å². The molecule has 15 heavy (non-hydrogen) atoms. The number of nitrogens with zero attached hydrogens (tertiary/aromatic N) is 1. The normalized spacial score (nSPS) is 11.4. The third-order valence-electron chi connectivity index (χ3n) is 1.61. The molecule has 5 nitrogen and oxygen atoms in total. The summed E-state index contributed by atoms with van der Waals surface area (Å²) in [6.07, 6.45) is 0. The first-order chi connectivity index (χ1) is 6.73. The molecule has 0 spiro atoms. The van der Waals surface area contributed by atoms with Gasteiger partial charge in [0.2, 0.25) is 0 Å². The van der Waals surface area contributed by atoms with Crippen LogP contribution in [0.1, 0.15) is 5.56 Å². The van der Waals surface area contributed by atoms with Gasteiger partial charge in [0.1, 0.15) is 0 Å². The Morgan fingerprint density at radius 1 is 1.40 bits per heavy atom. The molecule has 0 unspecified atom stereocenters. The van der Waals surface area contributed by atoms with E-state index in [0.717, 1.165) is 6.07 Å². The smallest absolute Gasteiger partial charge is 0.258 e. The summed E-state index contributed by atoms with van der Waals surface area (Å²) in [5, 5.41) is 10.3. The highest BCUT2D eigenvalue weighted by molar-refractivity contribution is 8.14. The highest BCUT2D eigenvalue weighted by Crippen LogP contribution is 2.34. The Hall–Kier alpha value is -0.850. The molecule has 82 valence electrons. The van der Waals surface area contributed by atoms with Crippen LogP contribution in [0.25, 0.3) is 0 Å². The molecule has 0 aliphatic heterocycles. The molecule has 1 aromatic carbocycles. The van der Waals surface area contributed by atoms with Gasteiger partial charge in [0, 0.05) is 16.7 Å². The first-order valence-corrected chi connectivity index (χ1v) is 6.31. The minimum atomic E-state index is -4.23. The van der Waals surface area contributed by atoms with Crippen molar-refractivity contribution in [2.24, 2.45) is 0 Å². The van der Waals surface area contributed by atoms with Gasteiger partial charge in [-0.25, -0.2) is 8.42 Å². The van der Waals surface area contributed by atoms with Crippen molar-refractivity contribution in [2.75, 3.05) is 0 Å². The van der Waals surface area contributed by atoms with Crippen LogP contribution in [0.5, 0.6) is 0 Å². The standard InChI is InChI=1S/C7H5Cl2NO4S/c1-4-2-5(8)7(15(9,13)14)6(3-4)10(11)12/h2-3H,1H3. The van der Waals surface area contributed by atoms with Crippen molar-refractivity contribution in [3.8, 4) is 0 Å². The van der Waals surface area contributed by atoms with Crippen molar-refractivity contribution in [3.63, 3.8) is 0 Å². The Kier molecular flexibility index (Phi) is 3.22. The van der Waals surface area contributed by atoms with Gasteiger partial charge in [0.05, 0.1) is 9.95 Å². The van der Waals surface area contributed by atoms with Gasteiger partial charge in [-0.1, -0.05) is 11.6 Å². The summed E-state index contributed by atoms with van der Waals surface area (Å²) in [6.45, 7) is 1.56. The van der Waals surface area contributed by atoms with Gasteiger partial charge in [-0.15, -0.1) is 0 Å². The van der Waals surface area contributed by atoms with E-state index in [1.54, 1.807) is 6.92 Å². The molecular formula is C7H5Cl2NO4S. The number of hydrogen-bond acceptors (Lipinski definition) is 4. The van der Waals surface area contributed by atoms with Gasteiger partial charge in [0.25, 0.3) is 14.7 Å². The summed E-state index contributed by atoms with van der Waals surface area (Å²) in [4.78, 5) is 9.09. The minimum Gasteiger partial charge on any atom is -0.258 e. The first kappa shape index (κ1) is 12.2. The lowest BCUT2D eigenvalue weighted by Crippen LogP contribution is -2.00. The Morgan fingerprint density at radius 2 is 1.93 bits per heavy atom. The monoisotopic (exact) mass is 269 g/mol. The maximum atomic E-state index is 11.1. The van der Waals surface area contributed by atoms with Crippen molar-refractivity contribution < 1.29 is 13.3 Å². The van der Waals surface area contributed by atoms with Crippen LogP contribution < -0.4 is 0 Å². The van der Waals surface area contributed by atoms with Gasteiger partial charge < -0.3 is 0 Å². The first-order valence-electron chi connectivity index (χ1n) is 3.62. The quantitative estimate of drug-likeness (QED) is 0.470. The van der Waals surface area contributed by atoms with Crippen LogP contribution in [-0.4, -0.2) is 13.3 Å². The molecule has 0 atom stereocenters. The highest BCUT2D eigenvalue weighted by Gasteiger charge is 2.27. The molecule has 0 saturated heterocycles. The molecule has 0 bridgehead atoms. The summed E-state index contributed by atoms with van der Waals surface area (Å²) >= 11 is 5.60. The molecular weight excluding hydrogens is 265 g/mol. The van der Waals surface area contributed by atoms with E-state index in [4.69, 9.17) is 22.3 Å². The SMILES string of the molecule is Cc1cc(Cl)c(S(=O)(=O)Cl)c([N+](=O)[O-])c1. The van der Waals surface area contributed by atoms with Crippen LogP contribution >= 0.6 is 22.3 Å². The molecule has 1 rings (SSSR count). The zero-order chi connectivity index (χ0) is 11.8. The van der Waals surface area contributed by atoms with Crippen molar-refractivity contribution in [1.82, 2.24) is 0 Å². The molecule has 0 saturated carbocycles. The van der Waals surface area contributed by atoms with E-state index >= 15 is 0 Å². The third-order valence-corrected chi connectivity index (χ3v) is 3.40. The zero-order valence-corrected chi connectivity index (χ0v) is 9.73. The second-order valence-corrected chi connectivity index (χ2v) is 5.70. The summed E-state index contributed by atoms with van der Waals surface area (Å²) < 4.78 is 22.1. The molecule has 0 aliphatic rings. The zero-order valence-electron chi connectivity index (χ0n) is 7.40. The van der Waals surface area contributed by atoms with Gasteiger partial charge in [0.15, 0.2) is 4.90 Å². The number of nitro benzene ring substituents is 1. The van der Waals surface area contributed by atoms with E-state index in [1.165, 1.54) is 6.07 Å². The molecule has 0 amide bonds. The lowest BCUT2D eigenvalue weighted by molar-refractivity contribution is -0.387. The summed E-state index contributed by atoms with van der Waals surface area (Å²) in [7, 11) is 0.821. The summed E-state index contributed by atoms with van der Waals surface area (Å²) in [5.41, 5.74) is -0.134. The molecule has 0 aromatic heterocycles. The van der Waals surface area contributed by atoms with Crippen molar-refractivity contribution >= 4 is 37.0 Å². The van der Waals surface area contributed by atoms with Crippen LogP contribution in [0, 0.1) is 17.0 Å². The van der Waals surface area contributed by atoms with Crippen LogP contribution in [0.15, 0.2) is 17.0 Å². The average Bonchev–Trinajstić information content (AvgIpc) is 1.99. The summed E-state index contributed by atoms with van der Waals surface area (Å²) in [6, 6.07) is 2.39. The Morgan fingerprint density at radius 3 is 2.33 bits per heavy atom. The minimum absolute atomic E-state index is 0.253. The van der Waals surface area contributed by atoms with Gasteiger partial charge in [-0.05, 0) is 18.6 Å². The van der Waals surface area contributed by atoms with E-state index in [1.807, 2.05) is 0 Å². The Balaban J connectivity index is 3.70. The largest absolute Gasteiger partial charge is 0.291 e. The fourth-order valence-corrected chi connectivity index (χ4v) is 2.94. The molecule has 0 fully saturated rings. The maximum absolute atomic E-state index is 11.1. The average molecular weight is 270 g/mol. The fraction of sp³-hybridized carbons (Fsp3) is 0.143. The fourth-order valence-electron chi connectivity index (χ4n) is 1.09.